The normalized spacial score (nSPS) is 26.0. The number of benzene rings is 1. The zero-order chi connectivity index (χ0) is 11.8. The van der Waals surface area contributed by atoms with Crippen molar-refractivity contribution in [3.63, 3.8) is 0 Å². The van der Waals surface area contributed by atoms with E-state index in [9.17, 15) is 18.3 Å². The summed E-state index contributed by atoms with van der Waals surface area (Å²) in [6, 6.07) is 4.76. The van der Waals surface area contributed by atoms with Crippen molar-refractivity contribution in [3.8, 4) is 0 Å². The van der Waals surface area contributed by atoms with E-state index in [1.54, 1.807) is 0 Å². The van der Waals surface area contributed by atoms with Gasteiger partial charge in [0.25, 0.3) is 0 Å². The lowest BCUT2D eigenvalue weighted by Crippen LogP contribution is -2.26. The first-order valence-electron chi connectivity index (χ1n) is 4.90. The fourth-order valence-corrected chi connectivity index (χ4v) is 1.77. The van der Waals surface area contributed by atoms with Crippen molar-refractivity contribution < 1.29 is 23.0 Å². The SMILES string of the molecule is OC1(c2cccc(C(F)(F)F)c2)CCOC1. The summed E-state index contributed by atoms with van der Waals surface area (Å²) in [4.78, 5) is 0. The minimum Gasteiger partial charge on any atom is -0.383 e. The van der Waals surface area contributed by atoms with E-state index in [2.05, 4.69) is 0 Å². The third-order valence-corrected chi connectivity index (χ3v) is 2.73. The van der Waals surface area contributed by atoms with Crippen LogP contribution in [0.2, 0.25) is 0 Å². The van der Waals surface area contributed by atoms with Gasteiger partial charge in [-0.15, -0.1) is 0 Å². The molecule has 0 aliphatic carbocycles. The third kappa shape index (κ3) is 2.05. The van der Waals surface area contributed by atoms with E-state index < -0.39 is 17.3 Å². The molecule has 2 rings (SSSR count). The van der Waals surface area contributed by atoms with Gasteiger partial charge in [-0.05, 0) is 17.7 Å². The van der Waals surface area contributed by atoms with Crippen molar-refractivity contribution in [2.24, 2.45) is 0 Å². The van der Waals surface area contributed by atoms with E-state index in [0.717, 1.165) is 12.1 Å². The van der Waals surface area contributed by atoms with Crippen molar-refractivity contribution in [3.05, 3.63) is 35.4 Å². The van der Waals surface area contributed by atoms with Crippen LogP contribution in [0.3, 0.4) is 0 Å². The summed E-state index contributed by atoms with van der Waals surface area (Å²) < 4.78 is 42.4. The number of aliphatic hydroxyl groups is 1. The molecular formula is C11H11F3O2. The first-order valence-corrected chi connectivity index (χ1v) is 4.90. The molecule has 0 radical (unpaired) electrons. The molecule has 1 fully saturated rings. The molecule has 1 N–H and O–H groups in total. The summed E-state index contributed by atoms with van der Waals surface area (Å²) in [5.41, 5.74) is -1.76. The largest absolute Gasteiger partial charge is 0.416 e. The number of hydrogen-bond acceptors (Lipinski definition) is 2. The second-order valence-electron chi connectivity index (χ2n) is 3.91. The van der Waals surface area contributed by atoms with Gasteiger partial charge in [-0.3, -0.25) is 0 Å². The van der Waals surface area contributed by atoms with Crippen LogP contribution in [-0.4, -0.2) is 18.3 Å². The molecule has 0 saturated carbocycles. The second-order valence-corrected chi connectivity index (χ2v) is 3.91. The van der Waals surface area contributed by atoms with Crippen LogP contribution in [0.1, 0.15) is 17.5 Å². The van der Waals surface area contributed by atoms with Gasteiger partial charge >= 0.3 is 6.18 Å². The molecule has 1 aliphatic rings. The highest BCUT2D eigenvalue weighted by atomic mass is 19.4. The summed E-state index contributed by atoms with van der Waals surface area (Å²) in [5.74, 6) is 0. The standard InChI is InChI=1S/C11H11F3O2/c12-11(13,14)9-3-1-2-8(6-9)10(15)4-5-16-7-10/h1-3,6,15H,4-5,7H2. The molecule has 88 valence electrons. The van der Waals surface area contributed by atoms with E-state index in [1.807, 2.05) is 0 Å². The van der Waals surface area contributed by atoms with Gasteiger partial charge in [0.05, 0.1) is 12.2 Å². The van der Waals surface area contributed by atoms with Crippen molar-refractivity contribution in [2.75, 3.05) is 13.2 Å². The van der Waals surface area contributed by atoms with E-state index in [-0.39, 0.29) is 12.2 Å². The first-order chi connectivity index (χ1) is 7.42. The van der Waals surface area contributed by atoms with Gasteiger partial charge in [0.15, 0.2) is 0 Å². The number of rotatable bonds is 1. The monoisotopic (exact) mass is 232 g/mol. The minimum absolute atomic E-state index is 0.0499. The first kappa shape index (κ1) is 11.4. The fourth-order valence-electron chi connectivity index (χ4n) is 1.77. The molecule has 16 heavy (non-hydrogen) atoms. The average molecular weight is 232 g/mol. The van der Waals surface area contributed by atoms with Gasteiger partial charge in [-0.2, -0.15) is 13.2 Å². The number of hydrogen-bond donors (Lipinski definition) is 1. The summed E-state index contributed by atoms with van der Waals surface area (Å²) in [6.45, 7) is 0.418. The molecule has 1 unspecified atom stereocenters. The molecule has 1 aromatic rings. The Labute approximate surface area is 90.7 Å². The smallest absolute Gasteiger partial charge is 0.383 e. The Hall–Kier alpha value is -1.07. The van der Waals surface area contributed by atoms with Gasteiger partial charge in [0.1, 0.15) is 5.60 Å². The van der Waals surface area contributed by atoms with Crippen LogP contribution < -0.4 is 0 Å². The van der Waals surface area contributed by atoms with E-state index in [0.29, 0.717) is 13.0 Å². The maximum Gasteiger partial charge on any atom is 0.416 e. The van der Waals surface area contributed by atoms with Crippen LogP contribution in [0, 0.1) is 0 Å². The quantitative estimate of drug-likeness (QED) is 0.805. The van der Waals surface area contributed by atoms with E-state index in [1.165, 1.54) is 12.1 Å². The second kappa shape index (κ2) is 3.75. The Morgan fingerprint density at radius 1 is 1.31 bits per heavy atom. The van der Waals surface area contributed by atoms with E-state index >= 15 is 0 Å². The summed E-state index contributed by atoms with van der Waals surface area (Å²) >= 11 is 0. The summed E-state index contributed by atoms with van der Waals surface area (Å²) in [5, 5.41) is 10.1. The number of alkyl halides is 3. The molecule has 0 bridgehead atoms. The molecule has 1 aliphatic heterocycles. The van der Waals surface area contributed by atoms with Gasteiger partial charge in [0, 0.05) is 13.0 Å². The highest BCUT2D eigenvalue weighted by Gasteiger charge is 2.37. The number of halogens is 3. The third-order valence-electron chi connectivity index (χ3n) is 2.73. The minimum atomic E-state index is -4.38. The molecule has 0 spiro atoms. The molecular weight excluding hydrogens is 221 g/mol. The predicted molar refractivity (Wildman–Crippen MR) is 50.8 cm³/mol. The van der Waals surface area contributed by atoms with Gasteiger partial charge in [-0.25, -0.2) is 0 Å². The van der Waals surface area contributed by atoms with Crippen molar-refractivity contribution in [1.82, 2.24) is 0 Å². The topological polar surface area (TPSA) is 29.5 Å². The van der Waals surface area contributed by atoms with Gasteiger partial charge in [-0.1, -0.05) is 12.1 Å². The molecule has 5 heteroatoms. The molecule has 1 saturated heterocycles. The summed E-state index contributed by atoms with van der Waals surface area (Å²) in [7, 11) is 0. The van der Waals surface area contributed by atoms with Crippen LogP contribution in [0.4, 0.5) is 13.2 Å². The van der Waals surface area contributed by atoms with Crippen molar-refractivity contribution >= 4 is 0 Å². The Morgan fingerprint density at radius 2 is 2.06 bits per heavy atom. The fraction of sp³-hybridized carbons (Fsp3) is 0.455. The zero-order valence-corrected chi connectivity index (χ0v) is 8.42. The predicted octanol–water partition coefficient (Wildman–Crippen LogP) is 2.31. The van der Waals surface area contributed by atoms with Crippen molar-refractivity contribution in [2.45, 2.75) is 18.2 Å². The average Bonchev–Trinajstić information content (AvgIpc) is 2.66. The van der Waals surface area contributed by atoms with Crippen molar-refractivity contribution in [1.29, 1.82) is 0 Å². The van der Waals surface area contributed by atoms with Gasteiger partial charge in [0.2, 0.25) is 0 Å². The molecule has 2 nitrogen and oxygen atoms in total. The van der Waals surface area contributed by atoms with Crippen LogP contribution in [0.15, 0.2) is 24.3 Å². The molecule has 0 amide bonds. The van der Waals surface area contributed by atoms with Crippen LogP contribution in [0.5, 0.6) is 0 Å². The van der Waals surface area contributed by atoms with E-state index in [4.69, 9.17) is 4.74 Å². The van der Waals surface area contributed by atoms with Crippen LogP contribution in [-0.2, 0) is 16.5 Å². The Bertz CT molecular complexity index is 381. The Kier molecular flexibility index (Phi) is 2.67. The lowest BCUT2D eigenvalue weighted by atomic mass is 9.92. The van der Waals surface area contributed by atoms with Gasteiger partial charge < -0.3 is 9.84 Å². The highest BCUT2D eigenvalue weighted by molar-refractivity contribution is 5.30. The Morgan fingerprint density at radius 3 is 2.62 bits per heavy atom. The lowest BCUT2D eigenvalue weighted by Gasteiger charge is -2.21. The maximum atomic E-state index is 12.5. The molecule has 0 aromatic heterocycles. The molecule has 1 atom stereocenters. The number of ether oxygens (including phenoxy) is 1. The Balaban J connectivity index is 2.36. The molecule has 1 heterocycles. The van der Waals surface area contributed by atoms with Crippen LogP contribution in [0.25, 0.3) is 0 Å². The molecule has 1 aromatic carbocycles. The zero-order valence-electron chi connectivity index (χ0n) is 8.42. The lowest BCUT2D eigenvalue weighted by molar-refractivity contribution is -0.137. The van der Waals surface area contributed by atoms with Crippen LogP contribution >= 0.6 is 0 Å². The maximum absolute atomic E-state index is 12.5. The highest BCUT2D eigenvalue weighted by Crippen LogP contribution is 2.35. The summed E-state index contributed by atoms with van der Waals surface area (Å²) in [6.07, 6.45) is -4.06.